The molecule has 0 fully saturated rings. The van der Waals surface area contributed by atoms with Crippen LogP contribution in [0.15, 0.2) is 42.5 Å². The topological polar surface area (TPSA) is 56.8 Å². The first-order valence-corrected chi connectivity index (χ1v) is 8.68. The number of nitrogens with one attached hydrogen (secondary N) is 1. The Hall–Kier alpha value is -3.09. The van der Waals surface area contributed by atoms with Crippen LogP contribution in [0.5, 0.6) is 17.2 Å². The minimum atomic E-state index is -2.94. The summed E-state index contributed by atoms with van der Waals surface area (Å²) in [6, 6.07) is 10.3. The van der Waals surface area contributed by atoms with Gasteiger partial charge in [0.2, 0.25) is 5.91 Å². The third-order valence-electron chi connectivity index (χ3n) is 3.89. The molecule has 28 heavy (non-hydrogen) atoms. The van der Waals surface area contributed by atoms with Crippen molar-refractivity contribution in [2.45, 2.75) is 20.5 Å². The second-order valence-corrected chi connectivity index (χ2v) is 5.98. The van der Waals surface area contributed by atoms with E-state index in [1.807, 2.05) is 32.0 Å². The van der Waals surface area contributed by atoms with E-state index < -0.39 is 6.61 Å². The number of carbonyl (C=O) groups is 1. The zero-order chi connectivity index (χ0) is 20.5. The molecule has 0 bridgehead atoms. The van der Waals surface area contributed by atoms with E-state index in [0.717, 1.165) is 16.9 Å². The number of hydrogen-bond acceptors (Lipinski definition) is 4. The maximum absolute atomic E-state index is 12.3. The summed E-state index contributed by atoms with van der Waals surface area (Å²) in [7, 11) is 1.35. The highest BCUT2D eigenvalue weighted by atomic mass is 19.3. The van der Waals surface area contributed by atoms with Crippen molar-refractivity contribution < 1.29 is 27.8 Å². The summed E-state index contributed by atoms with van der Waals surface area (Å²) in [5.74, 6) is 0.620. The average Bonchev–Trinajstić information content (AvgIpc) is 2.65. The number of alkyl halides is 2. The van der Waals surface area contributed by atoms with Crippen LogP contribution >= 0.6 is 0 Å². The standard InChI is InChI=1S/C21H23F2NO4/c1-14-5-4-6-15(2)20(14)27-12-11-24-19(25)10-8-16-7-9-17(28-21(22)23)18(13-16)26-3/h4-10,13,21H,11-12H2,1-3H3,(H,24,25). The molecule has 0 radical (unpaired) electrons. The van der Waals surface area contributed by atoms with Crippen LogP contribution in [-0.2, 0) is 4.79 Å². The second kappa shape index (κ2) is 10.3. The molecule has 0 saturated heterocycles. The first-order chi connectivity index (χ1) is 13.4. The molecular weight excluding hydrogens is 368 g/mol. The number of methoxy groups -OCH3 is 1. The van der Waals surface area contributed by atoms with Crippen molar-refractivity contribution in [1.82, 2.24) is 5.32 Å². The van der Waals surface area contributed by atoms with Crippen molar-refractivity contribution in [3.8, 4) is 17.2 Å². The van der Waals surface area contributed by atoms with Gasteiger partial charge in [-0.3, -0.25) is 4.79 Å². The molecule has 1 N–H and O–H groups in total. The fraction of sp³-hybridized carbons (Fsp3) is 0.286. The summed E-state index contributed by atoms with van der Waals surface area (Å²) in [4.78, 5) is 11.9. The molecule has 2 aromatic rings. The summed E-state index contributed by atoms with van der Waals surface area (Å²) in [5, 5.41) is 2.72. The molecular formula is C21H23F2NO4. The van der Waals surface area contributed by atoms with Crippen LogP contribution in [0.4, 0.5) is 8.78 Å². The number of ether oxygens (including phenoxy) is 3. The minimum absolute atomic E-state index is 0.0669. The highest BCUT2D eigenvalue weighted by Gasteiger charge is 2.10. The Morgan fingerprint density at radius 1 is 1.14 bits per heavy atom. The third kappa shape index (κ3) is 6.26. The summed E-state index contributed by atoms with van der Waals surface area (Å²) in [5.41, 5.74) is 2.69. The average molecular weight is 391 g/mol. The van der Waals surface area contributed by atoms with E-state index in [1.165, 1.54) is 25.3 Å². The summed E-state index contributed by atoms with van der Waals surface area (Å²) in [6.45, 7) is 1.69. The number of hydrogen-bond donors (Lipinski definition) is 1. The highest BCUT2D eigenvalue weighted by molar-refractivity contribution is 5.91. The normalized spacial score (nSPS) is 10.9. The quantitative estimate of drug-likeness (QED) is 0.516. The Morgan fingerprint density at radius 2 is 1.86 bits per heavy atom. The molecule has 0 atom stereocenters. The highest BCUT2D eigenvalue weighted by Crippen LogP contribution is 2.29. The molecule has 0 heterocycles. The predicted octanol–water partition coefficient (Wildman–Crippen LogP) is 4.12. The van der Waals surface area contributed by atoms with Crippen molar-refractivity contribution in [2.75, 3.05) is 20.3 Å². The van der Waals surface area contributed by atoms with Crippen molar-refractivity contribution >= 4 is 12.0 Å². The molecule has 0 aromatic heterocycles. The third-order valence-corrected chi connectivity index (χ3v) is 3.89. The molecule has 2 rings (SSSR count). The Labute approximate surface area is 162 Å². The van der Waals surface area contributed by atoms with Crippen LogP contribution in [0.2, 0.25) is 0 Å². The lowest BCUT2D eigenvalue weighted by atomic mass is 10.1. The monoisotopic (exact) mass is 391 g/mol. The lowest BCUT2D eigenvalue weighted by molar-refractivity contribution is -0.116. The molecule has 150 valence electrons. The van der Waals surface area contributed by atoms with Crippen LogP contribution in [0.25, 0.3) is 6.08 Å². The molecule has 5 nitrogen and oxygen atoms in total. The minimum Gasteiger partial charge on any atom is -0.493 e. The summed E-state index contributed by atoms with van der Waals surface area (Å²) >= 11 is 0. The Kier molecular flexibility index (Phi) is 7.80. The van der Waals surface area contributed by atoms with Crippen molar-refractivity contribution in [3.05, 3.63) is 59.2 Å². The number of para-hydroxylation sites is 1. The molecule has 2 aromatic carbocycles. The Balaban J connectivity index is 1.85. The number of carbonyl (C=O) groups excluding carboxylic acids is 1. The van der Waals surface area contributed by atoms with Crippen LogP contribution in [0, 0.1) is 13.8 Å². The van der Waals surface area contributed by atoms with Gasteiger partial charge in [-0.1, -0.05) is 24.3 Å². The summed E-state index contributed by atoms with van der Waals surface area (Å²) in [6.07, 6.45) is 2.90. The van der Waals surface area contributed by atoms with Gasteiger partial charge in [0.05, 0.1) is 13.7 Å². The van der Waals surface area contributed by atoms with Gasteiger partial charge in [0.1, 0.15) is 12.4 Å². The van der Waals surface area contributed by atoms with Gasteiger partial charge in [-0.05, 0) is 48.7 Å². The molecule has 0 saturated carbocycles. The van der Waals surface area contributed by atoms with E-state index in [0.29, 0.717) is 18.7 Å². The van der Waals surface area contributed by atoms with Gasteiger partial charge in [-0.25, -0.2) is 0 Å². The Bertz CT molecular complexity index is 817. The van der Waals surface area contributed by atoms with Crippen molar-refractivity contribution in [3.63, 3.8) is 0 Å². The fourth-order valence-corrected chi connectivity index (χ4v) is 2.57. The van der Waals surface area contributed by atoms with Gasteiger partial charge >= 0.3 is 6.61 Å². The van der Waals surface area contributed by atoms with Gasteiger partial charge in [0.15, 0.2) is 11.5 Å². The zero-order valence-corrected chi connectivity index (χ0v) is 16.0. The van der Waals surface area contributed by atoms with Crippen LogP contribution in [0.3, 0.4) is 0 Å². The Morgan fingerprint density at radius 3 is 2.50 bits per heavy atom. The van der Waals surface area contributed by atoms with E-state index >= 15 is 0 Å². The lowest BCUT2D eigenvalue weighted by Crippen LogP contribution is -2.26. The van der Waals surface area contributed by atoms with Crippen LogP contribution in [0.1, 0.15) is 16.7 Å². The van der Waals surface area contributed by atoms with E-state index in [9.17, 15) is 13.6 Å². The van der Waals surface area contributed by atoms with Gasteiger partial charge in [0.25, 0.3) is 0 Å². The molecule has 0 aliphatic rings. The predicted molar refractivity (Wildman–Crippen MR) is 103 cm³/mol. The smallest absolute Gasteiger partial charge is 0.387 e. The van der Waals surface area contributed by atoms with E-state index in [-0.39, 0.29) is 17.4 Å². The van der Waals surface area contributed by atoms with Gasteiger partial charge in [0, 0.05) is 6.08 Å². The fourth-order valence-electron chi connectivity index (χ4n) is 2.57. The van der Waals surface area contributed by atoms with E-state index in [2.05, 4.69) is 10.1 Å². The second-order valence-electron chi connectivity index (χ2n) is 5.98. The van der Waals surface area contributed by atoms with Crippen molar-refractivity contribution in [2.24, 2.45) is 0 Å². The first kappa shape index (κ1) is 21.2. The van der Waals surface area contributed by atoms with Crippen LogP contribution in [-0.4, -0.2) is 32.8 Å². The first-order valence-electron chi connectivity index (χ1n) is 8.68. The summed E-state index contributed by atoms with van der Waals surface area (Å²) < 4.78 is 39.8. The van der Waals surface area contributed by atoms with Crippen LogP contribution < -0.4 is 19.5 Å². The maximum atomic E-state index is 12.3. The number of halogens is 2. The molecule has 0 spiro atoms. The molecule has 7 heteroatoms. The number of amides is 1. The number of aryl methyl sites for hydroxylation is 2. The molecule has 1 amide bonds. The SMILES string of the molecule is COc1cc(C=CC(=O)NCCOc2c(C)cccc2C)ccc1OC(F)F. The molecule has 0 aliphatic heterocycles. The largest absolute Gasteiger partial charge is 0.493 e. The van der Waals surface area contributed by atoms with Gasteiger partial charge in [-0.2, -0.15) is 8.78 Å². The number of rotatable bonds is 9. The van der Waals surface area contributed by atoms with Gasteiger partial charge in [-0.15, -0.1) is 0 Å². The molecule has 0 aliphatic carbocycles. The number of benzene rings is 2. The zero-order valence-electron chi connectivity index (χ0n) is 16.0. The maximum Gasteiger partial charge on any atom is 0.387 e. The molecule has 0 unspecified atom stereocenters. The lowest BCUT2D eigenvalue weighted by Gasteiger charge is -2.12. The van der Waals surface area contributed by atoms with Gasteiger partial charge < -0.3 is 19.5 Å². The van der Waals surface area contributed by atoms with E-state index in [1.54, 1.807) is 12.1 Å². The van der Waals surface area contributed by atoms with E-state index in [4.69, 9.17) is 9.47 Å². The van der Waals surface area contributed by atoms with Crippen molar-refractivity contribution in [1.29, 1.82) is 0 Å².